The second-order valence-corrected chi connectivity index (χ2v) is 9.39. The molecular weight excluding hydrogens is 400 g/mol. The number of benzene rings is 2. The van der Waals surface area contributed by atoms with Gasteiger partial charge in [-0.1, -0.05) is 31.2 Å². The van der Waals surface area contributed by atoms with Crippen molar-refractivity contribution in [2.75, 3.05) is 38.0 Å². The number of rotatable bonds is 6. The van der Waals surface area contributed by atoms with Gasteiger partial charge in [-0.2, -0.15) is 4.31 Å². The summed E-state index contributed by atoms with van der Waals surface area (Å²) in [5, 5.41) is 3.84. The van der Waals surface area contributed by atoms with Crippen LogP contribution < -0.4 is 5.32 Å². The molecule has 1 saturated heterocycles. The summed E-state index contributed by atoms with van der Waals surface area (Å²) in [6.45, 7) is 5.42. The van der Waals surface area contributed by atoms with Gasteiger partial charge in [0.15, 0.2) is 0 Å². The Kier molecular flexibility index (Phi) is 5.90. The SMILES string of the molecule is CCN1CCN(S(=O)(=O)c2cccc(NC(=O)Cc3c[nH]c4ccccc34)c2)CC1. The zero-order chi connectivity index (χ0) is 21.1. The fourth-order valence-electron chi connectivity index (χ4n) is 3.83. The number of carbonyl (C=O) groups excluding carboxylic acids is 1. The molecule has 1 fully saturated rings. The molecule has 30 heavy (non-hydrogen) atoms. The van der Waals surface area contributed by atoms with Crippen molar-refractivity contribution < 1.29 is 13.2 Å². The lowest BCUT2D eigenvalue weighted by Gasteiger charge is -2.33. The molecule has 2 N–H and O–H groups in total. The van der Waals surface area contributed by atoms with Crippen molar-refractivity contribution >= 4 is 32.5 Å². The quantitative estimate of drug-likeness (QED) is 0.635. The summed E-state index contributed by atoms with van der Waals surface area (Å²) >= 11 is 0. The maximum Gasteiger partial charge on any atom is 0.243 e. The van der Waals surface area contributed by atoms with E-state index in [1.165, 1.54) is 10.4 Å². The molecular formula is C22H26N4O3S. The van der Waals surface area contributed by atoms with E-state index in [4.69, 9.17) is 0 Å². The number of fused-ring (bicyclic) bond motifs is 1. The highest BCUT2D eigenvalue weighted by atomic mass is 32.2. The lowest BCUT2D eigenvalue weighted by molar-refractivity contribution is -0.115. The first kappa shape index (κ1) is 20.6. The smallest absolute Gasteiger partial charge is 0.243 e. The second-order valence-electron chi connectivity index (χ2n) is 7.45. The number of aromatic amines is 1. The number of likely N-dealkylation sites (N-methyl/N-ethyl adjacent to an activating group) is 1. The van der Waals surface area contributed by atoms with Gasteiger partial charge in [-0.3, -0.25) is 4.79 Å². The Morgan fingerprint density at radius 2 is 1.83 bits per heavy atom. The molecule has 158 valence electrons. The number of amides is 1. The summed E-state index contributed by atoms with van der Waals surface area (Å²) in [6, 6.07) is 14.3. The van der Waals surface area contributed by atoms with Crippen LogP contribution in [0, 0.1) is 0 Å². The minimum absolute atomic E-state index is 0.189. The lowest BCUT2D eigenvalue weighted by Crippen LogP contribution is -2.48. The number of piperazine rings is 1. The van der Waals surface area contributed by atoms with Crippen LogP contribution >= 0.6 is 0 Å². The van der Waals surface area contributed by atoms with Crippen molar-refractivity contribution in [1.82, 2.24) is 14.2 Å². The molecule has 0 saturated carbocycles. The molecule has 1 aliphatic heterocycles. The average molecular weight is 427 g/mol. The molecule has 1 aliphatic rings. The third-order valence-electron chi connectivity index (χ3n) is 5.56. The molecule has 4 rings (SSSR count). The van der Waals surface area contributed by atoms with E-state index in [0.717, 1.165) is 36.1 Å². The highest BCUT2D eigenvalue weighted by molar-refractivity contribution is 7.89. The van der Waals surface area contributed by atoms with E-state index in [1.54, 1.807) is 18.2 Å². The number of carbonyl (C=O) groups is 1. The van der Waals surface area contributed by atoms with Gasteiger partial charge in [-0.25, -0.2) is 8.42 Å². The van der Waals surface area contributed by atoms with Crippen LogP contribution in [0.2, 0.25) is 0 Å². The highest BCUT2D eigenvalue weighted by Gasteiger charge is 2.28. The molecule has 0 atom stereocenters. The summed E-state index contributed by atoms with van der Waals surface area (Å²) in [5.74, 6) is -0.189. The minimum Gasteiger partial charge on any atom is -0.361 e. The van der Waals surface area contributed by atoms with Gasteiger partial charge in [-0.05, 0) is 36.4 Å². The first-order valence-corrected chi connectivity index (χ1v) is 11.6. The number of nitrogens with one attached hydrogen (secondary N) is 2. The molecule has 8 heteroatoms. The van der Waals surface area contributed by atoms with Crippen LogP contribution in [0.25, 0.3) is 10.9 Å². The van der Waals surface area contributed by atoms with Crippen LogP contribution in [-0.4, -0.2) is 61.2 Å². The van der Waals surface area contributed by atoms with Gasteiger partial charge in [0.1, 0.15) is 0 Å². The second kappa shape index (κ2) is 8.59. The van der Waals surface area contributed by atoms with Gasteiger partial charge in [0.25, 0.3) is 0 Å². The maximum absolute atomic E-state index is 13.0. The normalized spacial score (nSPS) is 16.0. The van der Waals surface area contributed by atoms with Crippen LogP contribution in [0.3, 0.4) is 0 Å². The molecule has 2 heterocycles. The van der Waals surface area contributed by atoms with Gasteiger partial charge in [0.05, 0.1) is 11.3 Å². The van der Waals surface area contributed by atoms with Crippen LogP contribution in [-0.2, 0) is 21.2 Å². The fraction of sp³-hybridized carbons (Fsp3) is 0.318. The number of para-hydroxylation sites is 1. The molecule has 1 aromatic heterocycles. The van der Waals surface area contributed by atoms with Crippen molar-refractivity contribution in [3.8, 4) is 0 Å². The summed E-state index contributed by atoms with van der Waals surface area (Å²) in [5.41, 5.74) is 2.37. The summed E-state index contributed by atoms with van der Waals surface area (Å²) in [7, 11) is -3.58. The van der Waals surface area contributed by atoms with Gasteiger partial charge in [0.2, 0.25) is 15.9 Å². The van der Waals surface area contributed by atoms with Crippen LogP contribution in [0.1, 0.15) is 12.5 Å². The van der Waals surface area contributed by atoms with Gasteiger partial charge in [-0.15, -0.1) is 0 Å². The summed E-state index contributed by atoms with van der Waals surface area (Å²) in [4.78, 5) is 18.2. The minimum atomic E-state index is -3.58. The van der Waals surface area contributed by atoms with Crippen LogP contribution in [0.15, 0.2) is 59.6 Å². The Labute approximate surface area is 176 Å². The molecule has 0 spiro atoms. The van der Waals surface area contributed by atoms with Gasteiger partial charge in [0, 0.05) is 49.0 Å². The number of hydrogen-bond acceptors (Lipinski definition) is 4. The van der Waals surface area contributed by atoms with Crippen molar-refractivity contribution in [1.29, 1.82) is 0 Å². The monoisotopic (exact) mass is 426 g/mol. The predicted molar refractivity (Wildman–Crippen MR) is 118 cm³/mol. The molecule has 2 aromatic carbocycles. The zero-order valence-electron chi connectivity index (χ0n) is 17.0. The molecule has 0 unspecified atom stereocenters. The van der Waals surface area contributed by atoms with Crippen LogP contribution in [0.4, 0.5) is 5.69 Å². The number of H-pyrrole nitrogens is 1. The topological polar surface area (TPSA) is 85.5 Å². The number of nitrogens with zero attached hydrogens (tertiary/aromatic N) is 2. The Bertz CT molecular complexity index is 1150. The van der Waals surface area contributed by atoms with E-state index in [1.807, 2.05) is 30.5 Å². The van der Waals surface area contributed by atoms with E-state index >= 15 is 0 Å². The number of hydrogen-bond donors (Lipinski definition) is 2. The Morgan fingerprint density at radius 1 is 1.07 bits per heavy atom. The summed E-state index contributed by atoms with van der Waals surface area (Å²) in [6.07, 6.45) is 2.04. The lowest BCUT2D eigenvalue weighted by atomic mass is 10.1. The molecule has 7 nitrogen and oxygen atoms in total. The van der Waals surface area contributed by atoms with E-state index in [9.17, 15) is 13.2 Å². The van der Waals surface area contributed by atoms with E-state index in [2.05, 4.69) is 22.1 Å². The Hall–Kier alpha value is -2.68. The largest absolute Gasteiger partial charge is 0.361 e. The van der Waals surface area contributed by atoms with Gasteiger partial charge >= 0.3 is 0 Å². The molecule has 0 radical (unpaired) electrons. The zero-order valence-corrected chi connectivity index (χ0v) is 17.8. The van der Waals surface area contributed by atoms with Crippen molar-refractivity contribution in [2.24, 2.45) is 0 Å². The molecule has 0 aliphatic carbocycles. The standard InChI is InChI=1S/C22H26N4O3S/c1-2-25-10-12-26(13-11-25)30(28,29)19-7-5-6-18(15-19)24-22(27)14-17-16-23-21-9-4-3-8-20(17)21/h3-9,15-16,23H,2,10-14H2,1H3,(H,24,27). The fourth-order valence-corrected chi connectivity index (χ4v) is 5.29. The predicted octanol–water partition coefficient (Wildman–Crippen LogP) is 2.68. The van der Waals surface area contributed by atoms with Crippen LogP contribution in [0.5, 0.6) is 0 Å². The maximum atomic E-state index is 13.0. The third kappa shape index (κ3) is 4.26. The molecule has 3 aromatic rings. The third-order valence-corrected chi connectivity index (χ3v) is 7.45. The molecule has 0 bridgehead atoms. The van der Waals surface area contributed by atoms with Crippen molar-refractivity contribution in [3.63, 3.8) is 0 Å². The Morgan fingerprint density at radius 3 is 2.60 bits per heavy atom. The highest BCUT2D eigenvalue weighted by Crippen LogP contribution is 2.22. The van der Waals surface area contributed by atoms with E-state index in [-0.39, 0.29) is 17.2 Å². The first-order chi connectivity index (χ1) is 14.5. The number of anilines is 1. The van der Waals surface area contributed by atoms with Crippen molar-refractivity contribution in [3.05, 3.63) is 60.3 Å². The van der Waals surface area contributed by atoms with E-state index in [0.29, 0.717) is 18.8 Å². The number of sulfonamides is 1. The average Bonchev–Trinajstić information content (AvgIpc) is 3.16. The van der Waals surface area contributed by atoms with E-state index < -0.39 is 10.0 Å². The summed E-state index contributed by atoms with van der Waals surface area (Å²) < 4.78 is 27.5. The molecule has 1 amide bonds. The Balaban J connectivity index is 1.46. The first-order valence-electron chi connectivity index (χ1n) is 10.1. The number of aromatic nitrogens is 1. The van der Waals surface area contributed by atoms with Gasteiger partial charge < -0.3 is 15.2 Å². The van der Waals surface area contributed by atoms with Crippen molar-refractivity contribution in [2.45, 2.75) is 18.2 Å².